The number of carbonyl (C=O) groups excluding carboxylic acids is 1. The number of carbonyl (C=O) groups is 1. The average Bonchev–Trinajstić information content (AvgIpc) is 2.46. The molecule has 0 aliphatic heterocycles. The minimum Gasteiger partial charge on any atom is -0.502 e. The third kappa shape index (κ3) is 3.85. The van der Waals surface area contributed by atoms with Crippen molar-refractivity contribution in [1.82, 2.24) is 10.4 Å². The van der Waals surface area contributed by atoms with Crippen molar-refractivity contribution in [3.05, 3.63) is 62.4 Å². The Kier molecular flexibility index (Phi) is 4.79. The van der Waals surface area contributed by atoms with Crippen molar-refractivity contribution >= 4 is 33.7 Å². The van der Waals surface area contributed by atoms with E-state index < -0.39 is 22.3 Å². The number of amides is 1. The molecule has 2 rings (SSSR count). The van der Waals surface area contributed by atoms with Crippen molar-refractivity contribution in [2.24, 2.45) is 5.10 Å². The monoisotopic (exact) mass is 364 g/mol. The number of phenols is 1. The Morgan fingerprint density at radius 1 is 1.41 bits per heavy atom. The molecule has 1 aromatic heterocycles. The number of halogens is 1. The van der Waals surface area contributed by atoms with Gasteiger partial charge in [0, 0.05) is 22.9 Å². The summed E-state index contributed by atoms with van der Waals surface area (Å²) in [6.07, 6.45) is 4.18. The summed E-state index contributed by atoms with van der Waals surface area (Å²) in [7, 11) is 0. The van der Waals surface area contributed by atoms with Crippen LogP contribution in [-0.4, -0.2) is 27.1 Å². The molecule has 1 aromatic carbocycles. The zero-order valence-electron chi connectivity index (χ0n) is 10.9. The maximum Gasteiger partial charge on any atom is 0.310 e. The number of aromatic nitrogens is 1. The van der Waals surface area contributed by atoms with E-state index in [9.17, 15) is 20.0 Å². The summed E-state index contributed by atoms with van der Waals surface area (Å²) in [5.74, 6) is -0.937. The quantitative estimate of drug-likeness (QED) is 0.489. The van der Waals surface area contributed by atoms with Crippen LogP contribution in [0.5, 0.6) is 5.75 Å². The molecule has 2 aromatic rings. The van der Waals surface area contributed by atoms with Gasteiger partial charge in [0.05, 0.1) is 16.7 Å². The van der Waals surface area contributed by atoms with Crippen LogP contribution >= 0.6 is 15.9 Å². The number of nitro benzene ring substituents is 1. The van der Waals surface area contributed by atoms with Crippen LogP contribution in [0, 0.1) is 10.1 Å². The van der Waals surface area contributed by atoms with Crippen LogP contribution in [0.3, 0.4) is 0 Å². The number of rotatable bonds is 4. The number of phenolic OH excluding ortho intramolecular Hbond substituents is 1. The van der Waals surface area contributed by atoms with Crippen LogP contribution in [0.15, 0.2) is 46.2 Å². The minimum absolute atomic E-state index is 0.318. The number of hydrazone groups is 1. The fourth-order valence-electron chi connectivity index (χ4n) is 1.54. The van der Waals surface area contributed by atoms with Crippen molar-refractivity contribution in [3.63, 3.8) is 0 Å². The second-order valence-corrected chi connectivity index (χ2v) is 5.01. The van der Waals surface area contributed by atoms with Crippen LogP contribution in [0.25, 0.3) is 0 Å². The Balaban J connectivity index is 2.05. The van der Waals surface area contributed by atoms with Crippen molar-refractivity contribution in [2.75, 3.05) is 0 Å². The van der Waals surface area contributed by atoms with Gasteiger partial charge in [0.25, 0.3) is 5.91 Å². The van der Waals surface area contributed by atoms with Crippen molar-refractivity contribution < 1.29 is 14.8 Å². The van der Waals surface area contributed by atoms with Crippen LogP contribution in [0.2, 0.25) is 0 Å². The maximum atomic E-state index is 11.8. The summed E-state index contributed by atoms with van der Waals surface area (Å²) < 4.78 is 0.657. The third-order valence-corrected chi connectivity index (χ3v) is 2.98. The van der Waals surface area contributed by atoms with Gasteiger partial charge in [0.1, 0.15) is 0 Å². The van der Waals surface area contributed by atoms with Gasteiger partial charge in [-0.25, -0.2) is 5.43 Å². The highest BCUT2D eigenvalue weighted by molar-refractivity contribution is 9.10. The molecular formula is C13H9BrN4O4. The molecule has 0 radical (unpaired) electrons. The van der Waals surface area contributed by atoms with Gasteiger partial charge in [-0.15, -0.1) is 0 Å². The number of hydrogen-bond acceptors (Lipinski definition) is 6. The van der Waals surface area contributed by atoms with Crippen LogP contribution in [0.4, 0.5) is 5.69 Å². The van der Waals surface area contributed by atoms with Crippen LogP contribution < -0.4 is 5.43 Å². The molecule has 112 valence electrons. The van der Waals surface area contributed by atoms with Gasteiger partial charge in [-0.3, -0.25) is 19.9 Å². The van der Waals surface area contributed by atoms with E-state index in [0.29, 0.717) is 15.6 Å². The lowest BCUT2D eigenvalue weighted by atomic mass is 10.2. The van der Waals surface area contributed by atoms with E-state index >= 15 is 0 Å². The fraction of sp³-hybridized carbons (Fsp3) is 0. The zero-order chi connectivity index (χ0) is 16.1. The lowest BCUT2D eigenvalue weighted by Gasteiger charge is -2.00. The minimum atomic E-state index is -0.696. The Morgan fingerprint density at radius 2 is 2.18 bits per heavy atom. The second kappa shape index (κ2) is 6.76. The first-order valence-electron chi connectivity index (χ1n) is 5.89. The Bertz CT molecular complexity index is 763. The molecular weight excluding hydrogens is 356 g/mol. The first kappa shape index (κ1) is 15.6. The van der Waals surface area contributed by atoms with Crippen molar-refractivity contribution in [3.8, 4) is 5.75 Å². The average molecular weight is 365 g/mol. The molecule has 0 saturated heterocycles. The lowest BCUT2D eigenvalue weighted by Crippen LogP contribution is -2.17. The highest BCUT2D eigenvalue weighted by Crippen LogP contribution is 2.25. The number of aromatic hydroxyl groups is 1. The van der Waals surface area contributed by atoms with E-state index in [1.807, 2.05) is 0 Å². The van der Waals surface area contributed by atoms with E-state index in [1.165, 1.54) is 24.5 Å². The van der Waals surface area contributed by atoms with Crippen LogP contribution in [-0.2, 0) is 0 Å². The molecule has 1 heterocycles. The highest BCUT2D eigenvalue weighted by Gasteiger charge is 2.12. The molecule has 0 atom stereocenters. The summed E-state index contributed by atoms with van der Waals surface area (Å²) in [6, 6.07) is 5.30. The predicted molar refractivity (Wildman–Crippen MR) is 81.8 cm³/mol. The zero-order valence-corrected chi connectivity index (χ0v) is 12.5. The van der Waals surface area contributed by atoms with Crippen molar-refractivity contribution in [1.29, 1.82) is 0 Å². The molecule has 0 aliphatic rings. The molecule has 0 aliphatic carbocycles. The third-order valence-electron chi connectivity index (χ3n) is 2.54. The van der Waals surface area contributed by atoms with E-state index in [4.69, 9.17) is 0 Å². The van der Waals surface area contributed by atoms with E-state index in [0.717, 1.165) is 6.07 Å². The standard InChI is InChI=1S/C13H9BrN4O4/c14-10-4-9(6-15-7-10)13(20)17-16-5-8-1-2-11(18(21)22)12(19)3-8/h1-7,19H,(H,17,20)/b16-5+. The number of nitro groups is 1. The fourth-order valence-corrected chi connectivity index (χ4v) is 1.91. The summed E-state index contributed by atoms with van der Waals surface area (Å²) in [5, 5.41) is 23.8. The molecule has 2 N–H and O–H groups in total. The molecule has 8 nitrogen and oxygen atoms in total. The van der Waals surface area contributed by atoms with Gasteiger partial charge < -0.3 is 5.11 Å². The number of nitrogens with one attached hydrogen (secondary N) is 1. The van der Waals surface area contributed by atoms with E-state index in [2.05, 4.69) is 31.4 Å². The summed E-state index contributed by atoms with van der Waals surface area (Å²) in [5.41, 5.74) is 2.60. The van der Waals surface area contributed by atoms with E-state index in [1.54, 1.807) is 12.3 Å². The number of pyridine rings is 1. The normalized spacial score (nSPS) is 10.6. The maximum absolute atomic E-state index is 11.8. The smallest absolute Gasteiger partial charge is 0.310 e. The van der Waals surface area contributed by atoms with E-state index in [-0.39, 0.29) is 0 Å². The lowest BCUT2D eigenvalue weighted by molar-refractivity contribution is -0.385. The number of hydrogen-bond donors (Lipinski definition) is 2. The molecule has 9 heteroatoms. The summed E-state index contributed by atoms with van der Waals surface area (Å²) in [4.78, 5) is 25.5. The SMILES string of the molecule is O=C(N/N=C/c1ccc([N+](=O)[O-])c(O)c1)c1cncc(Br)c1. The Morgan fingerprint density at radius 3 is 2.82 bits per heavy atom. The van der Waals surface area contributed by atoms with Gasteiger partial charge >= 0.3 is 5.69 Å². The topological polar surface area (TPSA) is 118 Å². The second-order valence-electron chi connectivity index (χ2n) is 4.10. The van der Waals surface area contributed by atoms with Gasteiger partial charge in [0.2, 0.25) is 0 Å². The van der Waals surface area contributed by atoms with Gasteiger partial charge in [0.15, 0.2) is 5.75 Å². The molecule has 0 saturated carbocycles. The molecule has 0 unspecified atom stereocenters. The summed E-state index contributed by atoms with van der Waals surface area (Å²) in [6.45, 7) is 0. The van der Waals surface area contributed by atoms with Gasteiger partial charge in [-0.1, -0.05) is 0 Å². The van der Waals surface area contributed by atoms with Gasteiger partial charge in [-0.2, -0.15) is 5.10 Å². The Labute approximate surface area is 132 Å². The summed E-state index contributed by atoms with van der Waals surface area (Å²) >= 11 is 3.20. The largest absolute Gasteiger partial charge is 0.502 e. The van der Waals surface area contributed by atoms with Crippen LogP contribution in [0.1, 0.15) is 15.9 Å². The highest BCUT2D eigenvalue weighted by atomic mass is 79.9. The molecule has 1 amide bonds. The number of benzene rings is 1. The van der Waals surface area contributed by atoms with Gasteiger partial charge in [-0.05, 0) is 39.7 Å². The molecule has 0 fully saturated rings. The van der Waals surface area contributed by atoms with Crippen molar-refractivity contribution in [2.45, 2.75) is 0 Å². The Hall–Kier alpha value is -2.81. The first-order chi connectivity index (χ1) is 10.5. The predicted octanol–water partition coefficient (Wildman–Crippen LogP) is 2.22. The first-order valence-corrected chi connectivity index (χ1v) is 6.68. The molecule has 22 heavy (non-hydrogen) atoms. The number of nitrogens with zero attached hydrogens (tertiary/aromatic N) is 3. The molecule has 0 spiro atoms. The molecule has 0 bridgehead atoms.